The van der Waals surface area contributed by atoms with Gasteiger partial charge in [0.05, 0.1) is 5.69 Å². The largest absolute Gasteiger partial charge is 0.305 e. The van der Waals surface area contributed by atoms with Crippen LogP contribution in [0.3, 0.4) is 0 Å². The Morgan fingerprint density at radius 3 is 2.35 bits per heavy atom. The van der Waals surface area contributed by atoms with Gasteiger partial charge in [0.15, 0.2) is 0 Å². The number of nitrogens with one attached hydrogen (secondary N) is 1. The average molecular weight is 269 g/mol. The lowest BCUT2D eigenvalue weighted by Gasteiger charge is -2.20. The predicted molar refractivity (Wildman–Crippen MR) is 82.4 cm³/mol. The van der Waals surface area contributed by atoms with Gasteiger partial charge < -0.3 is 5.32 Å². The summed E-state index contributed by atoms with van der Waals surface area (Å²) in [4.78, 5) is 8.14. The minimum Gasteiger partial charge on any atom is -0.305 e. The fourth-order valence-corrected chi connectivity index (χ4v) is 2.07. The topological polar surface area (TPSA) is 37.8 Å². The first-order valence-electron chi connectivity index (χ1n) is 7.05. The second-order valence-electron chi connectivity index (χ2n) is 6.18. The molecule has 0 aliphatic carbocycles. The Kier molecular flexibility index (Phi) is 4.50. The maximum atomic E-state index is 4.22. The van der Waals surface area contributed by atoms with Crippen LogP contribution >= 0.6 is 0 Å². The summed E-state index contributed by atoms with van der Waals surface area (Å²) in [5, 5.41) is 3.48. The molecule has 0 saturated heterocycles. The van der Waals surface area contributed by atoms with Crippen LogP contribution in [-0.2, 0) is 12.0 Å². The molecule has 0 amide bonds. The minimum absolute atomic E-state index is 0.205. The lowest BCUT2D eigenvalue weighted by atomic mass is 9.86. The summed E-state index contributed by atoms with van der Waals surface area (Å²) >= 11 is 0. The standard InChI is InChI=1S/C17H23N3/c1-13(19-11-16-9-10-18-12-20-16)14-5-7-15(8-6-14)17(2,3)4/h5-10,12-13,19H,11H2,1-4H3. The molecule has 2 aromatic rings. The summed E-state index contributed by atoms with van der Waals surface area (Å²) in [7, 11) is 0. The van der Waals surface area contributed by atoms with Gasteiger partial charge in [-0.15, -0.1) is 0 Å². The number of hydrogen-bond donors (Lipinski definition) is 1. The first-order chi connectivity index (χ1) is 9.47. The lowest BCUT2D eigenvalue weighted by Crippen LogP contribution is -2.19. The summed E-state index contributed by atoms with van der Waals surface area (Å²) in [6.45, 7) is 9.63. The van der Waals surface area contributed by atoms with E-state index >= 15 is 0 Å². The van der Waals surface area contributed by atoms with E-state index < -0.39 is 0 Å². The second-order valence-corrected chi connectivity index (χ2v) is 6.18. The monoisotopic (exact) mass is 269 g/mol. The van der Waals surface area contributed by atoms with Crippen molar-refractivity contribution in [3.8, 4) is 0 Å². The fraction of sp³-hybridized carbons (Fsp3) is 0.412. The van der Waals surface area contributed by atoms with Gasteiger partial charge in [-0.05, 0) is 29.5 Å². The Morgan fingerprint density at radius 1 is 1.10 bits per heavy atom. The van der Waals surface area contributed by atoms with Crippen molar-refractivity contribution in [1.82, 2.24) is 15.3 Å². The van der Waals surface area contributed by atoms with Gasteiger partial charge in [-0.2, -0.15) is 0 Å². The van der Waals surface area contributed by atoms with Crippen LogP contribution in [-0.4, -0.2) is 9.97 Å². The molecule has 1 aromatic carbocycles. The molecular formula is C17H23N3. The van der Waals surface area contributed by atoms with Crippen molar-refractivity contribution in [2.24, 2.45) is 0 Å². The van der Waals surface area contributed by atoms with Crippen LogP contribution in [0.25, 0.3) is 0 Å². The molecule has 0 fully saturated rings. The van der Waals surface area contributed by atoms with Gasteiger partial charge in [0.2, 0.25) is 0 Å². The number of benzene rings is 1. The molecule has 0 aliphatic rings. The molecule has 0 spiro atoms. The molecule has 2 rings (SSSR count). The van der Waals surface area contributed by atoms with Crippen LogP contribution in [0.2, 0.25) is 0 Å². The molecule has 1 N–H and O–H groups in total. The molecule has 106 valence electrons. The maximum Gasteiger partial charge on any atom is 0.115 e. The lowest BCUT2D eigenvalue weighted by molar-refractivity contribution is 0.563. The Balaban J connectivity index is 1.97. The van der Waals surface area contributed by atoms with Gasteiger partial charge in [0.25, 0.3) is 0 Å². The normalized spacial score (nSPS) is 13.2. The summed E-state index contributed by atoms with van der Waals surface area (Å²) < 4.78 is 0. The van der Waals surface area contributed by atoms with Crippen molar-refractivity contribution in [3.05, 3.63) is 59.7 Å². The third kappa shape index (κ3) is 3.87. The van der Waals surface area contributed by atoms with E-state index in [2.05, 4.69) is 67.2 Å². The molecule has 1 aromatic heterocycles. The molecule has 3 heteroatoms. The number of rotatable bonds is 4. The Hall–Kier alpha value is -1.74. The summed E-state index contributed by atoms with van der Waals surface area (Å²) in [6.07, 6.45) is 3.35. The zero-order valence-corrected chi connectivity index (χ0v) is 12.7. The average Bonchev–Trinajstić information content (AvgIpc) is 2.45. The van der Waals surface area contributed by atoms with E-state index in [0.29, 0.717) is 6.04 Å². The van der Waals surface area contributed by atoms with E-state index in [0.717, 1.165) is 12.2 Å². The van der Waals surface area contributed by atoms with Gasteiger partial charge >= 0.3 is 0 Å². The molecule has 0 aliphatic heterocycles. The smallest absolute Gasteiger partial charge is 0.115 e. The first kappa shape index (κ1) is 14.7. The zero-order valence-electron chi connectivity index (χ0n) is 12.7. The highest BCUT2D eigenvalue weighted by Crippen LogP contribution is 2.23. The molecule has 0 saturated carbocycles. The van der Waals surface area contributed by atoms with E-state index in [1.54, 1.807) is 12.5 Å². The van der Waals surface area contributed by atoms with Crippen LogP contribution in [0.5, 0.6) is 0 Å². The van der Waals surface area contributed by atoms with E-state index in [1.807, 2.05) is 6.07 Å². The van der Waals surface area contributed by atoms with Crippen molar-refractivity contribution in [2.75, 3.05) is 0 Å². The molecule has 20 heavy (non-hydrogen) atoms. The van der Waals surface area contributed by atoms with Crippen LogP contribution < -0.4 is 5.32 Å². The Bertz CT molecular complexity index is 526. The molecule has 0 bridgehead atoms. The minimum atomic E-state index is 0.205. The third-order valence-electron chi connectivity index (χ3n) is 3.51. The summed E-state index contributed by atoms with van der Waals surface area (Å²) in [6, 6.07) is 11.1. The SMILES string of the molecule is CC(NCc1ccncn1)c1ccc(C(C)(C)C)cc1. The molecule has 1 unspecified atom stereocenters. The van der Waals surface area contributed by atoms with Crippen LogP contribution in [0.1, 0.15) is 50.6 Å². The summed E-state index contributed by atoms with van der Waals surface area (Å²) in [5.41, 5.74) is 3.88. The van der Waals surface area contributed by atoms with Crippen molar-refractivity contribution in [2.45, 2.75) is 45.7 Å². The van der Waals surface area contributed by atoms with E-state index in [4.69, 9.17) is 0 Å². The highest BCUT2D eigenvalue weighted by atomic mass is 14.9. The highest BCUT2D eigenvalue weighted by Gasteiger charge is 2.13. The zero-order chi connectivity index (χ0) is 14.6. The molecule has 3 nitrogen and oxygen atoms in total. The van der Waals surface area contributed by atoms with Gasteiger partial charge in [-0.3, -0.25) is 0 Å². The highest BCUT2D eigenvalue weighted by molar-refractivity contribution is 5.29. The Morgan fingerprint density at radius 2 is 1.80 bits per heavy atom. The van der Waals surface area contributed by atoms with Crippen molar-refractivity contribution >= 4 is 0 Å². The first-order valence-corrected chi connectivity index (χ1v) is 7.05. The van der Waals surface area contributed by atoms with Crippen molar-refractivity contribution in [1.29, 1.82) is 0 Å². The summed E-state index contributed by atoms with van der Waals surface area (Å²) in [5.74, 6) is 0. The van der Waals surface area contributed by atoms with Gasteiger partial charge in [-0.1, -0.05) is 45.0 Å². The van der Waals surface area contributed by atoms with Crippen LogP contribution in [0, 0.1) is 0 Å². The Labute approximate surface area is 121 Å². The molecule has 1 heterocycles. The molecular weight excluding hydrogens is 246 g/mol. The van der Waals surface area contributed by atoms with Gasteiger partial charge in [0.1, 0.15) is 6.33 Å². The molecule has 0 radical (unpaired) electrons. The molecule has 1 atom stereocenters. The van der Waals surface area contributed by atoms with E-state index in [1.165, 1.54) is 11.1 Å². The second kappa shape index (κ2) is 6.14. The van der Waals surface area contributed by atoms with Gasteiger partial charge in [0, 0.05) is 18.8 Å². The van der Waals surface area contributed by atoms with Crippen molar-refractivity contribution in [3.63, 3.8) is 0 Å². The number of aromatic nitrogens is 2. The third-order valence-corrected chi connectivity index (χ3v) is 3.51. The maximum absolute atomic E-state index is 4.22. The van der Waals surface area contributed by atoms with Gasteiger partial charge in [-0.25, -0.2) is 9.97 Å². The quantitative estimate of drug-likeness (QED) is 0.921. The van der Waals surface area contributed by atoms with E-state index in [-0.39, 0.29) is 5.41 Å². The van der Waals surface area contributed by atoms with Crippen molar-refractivity contribution < 1.29 is 0 Å². The van der Waals surface area contributed by atoms with Crippen LogP contribution in [0.15, 0.2) is 42.9 Å². The van der Waals surface area contributed by atoms with E-state index in [9.17, 15) is 0 Å². The van der Waals surface area contributed by atoms with Crippen LogP contribution in [0.4, 0.5) is 0 Å². The number of nitrogens with zero attached hydrogens (tertiary/aromatic N) is 2. The number of hydrogen-bond acceptors (Lipinski definition) is 3. The predicted octanol–water partition coefficient (Wildman–Crippen LogP) is 3.62. The fourth-order valence-electron chi connectivity index (χ4n) is 2.07.